The molecule has 0 spiro atoms. The average Bonchev–Trinajstić information content (AvgIpc) is 2.55. The van der Waals surface area contributed by atoms with Gasteiger partial charge in [0, 0.05) is 12.8 Å². The number of aryl methyl sites for hydroxylation is 2. The summed E-state index contributed by atoms with van der Waals surface area (Å²) in [6.07, 6.45) is 1.42. The largest absolute Gasteiger partial charge is 0.511 e. The van der Waals surface area contributed by atoms with Crippen molar-refractivity contribution >= 4 is 11.5 Å². The summed E-state index contributed by atoms with van der Waals surface area (Å²) in [5, 5.41) is 14.6. The lowest BCUT2D eigenvalue weighted by Crippen LogP contribution is -2.24. The summed E-state index contributed by atoms with van der Waals surface area (Å²) >= 11 is 0. The van der Waals surface area contributed by atoms with Gasteiger partial charge in [0.2, 0.25) is 0 Å². The Kier molecular flexibility index (Phi) is 6.04. The number of aliphatic hydroxyl groups excluding tert-OH is 1. The minimum Gasteiger partial charge on any atom is -0.511 e. The van der Waals surface area contributed by atoms with Crippen LogP contribution < -0.4 is 0 Å². The third-order valence-electron chi connectivity index (χ3n) is 5.19. The zero-order valence-corrected chi connectivity index (χ0v) is 16.2. The van der Waals surface area contributed by atoms with Crippen LogP contribution in [-0.2, 0) is 9.63 Å². The van der Waals surface area contributed by atoms with Crippen molar-refractivity contribution in [2.24, 2.45) is 5.16 Å². The van der Waals surface area contributed by atoms with E-state index in [1.54, 1.807) is 0 Å². The molecule has 25 heavy (non-hydrogen) atoms. The fraction of sp³-hybridized carbons (Fsp3) is 0.524. The first-order valence-electron chi connectivity index (χ1n) is 9.03. The van der Waals surface area contributed by atoms with Crippen LogP contribution in [0.5, 0.6) is 0 Å². The molecule has 0 radical (unpaired) electrons. The third-order valence-corrected chi connectivity index (χ3v) is 5.19. The summed E-state index contributed by atoms with van der Waals surface area (Å²) in [6.45, 7) is 12.6. The number of benzene rings is 1. The number of hydrogen-bond donors (Lipinski definition) is 1. The van der Waals surface area contributed by atoms with Crippen molar-refractivity contribution in [3.63, 3.8) is 0 Å². The molecule has 0 amide bonds. The summed E-state index contributed by atoms with van der Waals surface area (Å²) in [6, 6.07) is 2.17. The molecule has 1 aliphatic rings. The highest BCUT2D eigenvalue weighted by molar-refractivity contribution is 6.23. The lowest BCUT2D eigenvalue weighted by Gasteiger charge is -2.28. The van der Waals surface area contributed by atoms with E-state index in [0.717, 1.165) is 0 Å². The quantitative estimate of drug-likeness (QED) is 0.606. The second-order valence-corrected chi connectivity index (χ2v) is 6.83. The molecule has 0 fully saturated rings. The van der Waals surface area contributed by atoms with Gasteiger partial charge in [-0.05, 0) is 74.8 Å². The molecule has 136 valence electrons. The topological polar surface area (TPSA) is 58.9 Å². The highest BCUT2D eigenvalue weighted by Gasteiger charge is 2.32. The molecular weight excluding hydrogens is 314 g/mol. The van der Waals surface area contributed by atoms with Gasteiger partial charge in [0.15, 0.2) is 5.78 Å². The number of hydrogen-bond acceptors (Lipinski definition) is 4. The molecular formula is C21H29NO3. The van der Waals surface area contributed by atoms with E-state index in [0.29, 0.717) is 37.2 Å². The first-order valence-corrected chi connectivity index (χ1v) is 9.03. The lowest BCUT2D eigenvalue weighted by atomic mass is 9.77. The standard InChI is InChI=1S/C21H29NO3/c1-7-17(22-25-8-2)21-18(23)10-16(11-19(21)24)20-13(4)9-12(3)14(5)15(20)6/h9,16,23H,7-8,10-11H2,1-6H3. The van der Waals surface area contributed by atoms with Gasteiger partial charge < -0.3 is 9.94 Å². The van der Waals surface area contributed by atoms with E-state index in [1.807, 2.05) is 13.8 Å². The Morgan fingerprint density at radius 2 is 1.84 bits per heavy atom. The van der Waals surface area contributed by atoms with Crippen molar-refractivity contribution in [3.8, 4) is 0 Å². The minimum absolute atomic E-state index is 0.0146. The van der Waals surface area contributed by atoms with Gasteiger partial charge in [-0.2, -0.15) is 0 Å². The first-order chi connectivity index (χ1) is 11.8. The number of carbonyl (C=O) groups is 1. The summed E-state index contributed by atoms with van der Waals surface area (Å²) in [5.41, 5.74) is 7.02. The lowest BCUT2D eigenvalue weighted by molar-refractivity contribution is -0.116. The van der Waals surface area contributed by atoms with E-state index < -0.39 is 0 Å². The number of allylic oxidation sites excluding steroid dienone is 2. The molecule has 0 bridgehead atoms. The van der Waals surface area contributed by atoms with Crippen molar-refractivity contribution in [1.29, 1.82) is 0 Å². The van der Waals surface area contributed by atoms with Gasteiger partial charge in [-0.1, -0.05) is 18.1 Å². The van der Waals surface area contributed by atoms with Crippen LogP contribution in [0.3, 0.4) is 0 Å². The zero-order chi connectivity index (χ0) is 18.7. The number of nitrogens with zero attached hydrogens (tertiary/aromatic N) is 1. The SMILES string of the molecule is CCON=C(CC)C1=C(O)CC(c2c(C)cc(C)c(C)c2C)CC1=O. The second-order valence-electron chi connectivity index (χ2n) is 6.83. The Balaban J connectivity index is 2.43. The molecule has 0 aliphatic heterocycles. The maximum absolute atomic E-state index is 12.8. The van der Waals surface area contributed by atoms with Gasteiger partial charge in [0.1, 0.15) is 12.4 Å². The van der Waals surface area contributed by atoms with E-state index >= 15 is 0 Å². The Morgan fingerprint density at radius 3 is 2.40 bits per heavy atom. The molecule has 1 aliphatic carbocycles. The van der Waals surface area contributed by atoms with Crippen molar-refractivity contribution < 1.29 is 14.7 Å². The van der Waals surface area contributed by atoms with Gasteiger partial charge in [0.25, 0.3) is 0 Å². The van der Waals surface area contributed by atoms with Crippen LogP contribution in [0.2, 0.25) is 0 Å². The van der Waals surface area contributed by atoms with Crippen LogP contribution in [0.15, 0.2) is 22.6 Å². The number of rotatable bonds is 5. The average molecular weight is 343 g/mol. The normalized spacial score (nSPS) is 18.7. The zero-order valence-electron chi connectivity index (χ0n) is 16.2. The summed E-state index contributed by atoms with van der Waals surface area (Å²) in [7, 11) is 0. The van der Waals surface area contributed by atoms with E-state index in [2.05, 4.69) is 38.9 Å². The van der Waals surface area contributed by atoms with E-state index in [9.17, 15) is 9.90 Å². The fourth-order valence-electron chi connectivity index (χ4n) is 3.79. The Bertz CT molecular complexity index is 744. The Morgan fingerprint density at radius 1 is 1.16 bits per heavy atom. The first kappa shape index (κ1) is 19.2. The molecule has 0 saturated carbocycles. The summed E-state index contributed by atoms with van der Waals surface area (Å²) < 4.78 is 0. The molecule has 1 N–H and O–H groups in total. The Hall–Kier alpha value is -2.10. The third kappa shape index (κ3) is 3.78. The van der Waals surface area contributed by atoms with Crippen LogP contribution in [-0.4, -0.2) is 23.2 Å². The van der Waals surface area contributed by atoms with E-state index in [-0.39, 0.29) is 17.5 Å². The minimum atomic E-state index is -0.0499. The van der Waals surface area contributed by atoms with Crippen LogP contribution in [0.1, 0.15) is 66.8 Å². The maximum Gasteiger partial charge on any atom is 0.168 e. The number of Topliss-reactive ketones (excluding diaryl/α,β-unsaturated/α-hetero) is 1. The predicted octanol–water partition coefficient (Wildman–Crippen LogP) is 4.98. The molecule has 1 aromatic rings. The summed E-state index contributed by atoms with van der Waals surface area (Å²) in [4.78, 5) is 17.9. The number of aliphatic hydroxyl groups is 1. The van der Waals surface area contributed by atoms with Crippen LogP contribution in [0.4, 0.5) is 0 Å². The monoisotopic (exact) mass is 343 g/mol. The molecule has 4 heteroatoms. The van der Waals surface area contributed by atoms with Crippen LogP contribution >= 0.6 is 0 Å². The van der Waals surface area contributed by atoms with Crippen molar-refractivity contribution in [2.75, 3.05) is 6.61 Å². The predicted molar refractivity (Wildman–Crippen MR) is 101 cm³/mol. The molecule has 0 aromatic heterocycles. The second kappa shape index (κ2) is 7.85. The molecule has 1 atom stereocenters. The van der Waals surface area contributed by atoms with Crippen molar-refractivity contribution in [1.82, 2.24) is 0 Å². The molecule has 2 rings (SSSR count). The number of oxime groups is 1. The van der Waals surface area contributed by atoms with Gasteiger partial charge in [-0.25, -0.2) is 0 Å². The number of ketones is 1. The van der Waals surface area contributed by atoms with Crippen molar-refractivity contribution in [3.05, 3.63) is 45.2 Å². The van der Waals surface area contributed by atoms with E-state index in [1.165, 1.54) is 27.8 Å². The van der Waals surface area contributed by atoms with E-state index in [4.69, 9.17) is 4.84 Å². The molecule has 1 aromatic carbocycles. The summed E-state index contributed by atoms with van der Waals surface area (Å²) in [5.74, 6) is 0.102. The molecule has 0 saturated heterocycles. The van der Waals surface area contributed by atoms with Crippen LogP contribution in [0.25, 0.3) is 0 Å². The van der Waals surface area contributed by atoms with Gasteiger partial charge >= 0.3 is 0 Å². The molecule has 0 heterocycles. The fourth-order valence-corrected chi connectivity index (χ4v) is 3.79. The molecule has 1 unspecified atom stereocenters. The highest BCUT2D eigenvalue weighted by atomic mass is 16.6. The maximum atomic E-state index is 12.8. The molecule has 4 nitrogen and oxygen atoms in total. The highest BCUT2D eigenvalue weighted by Crippen LogP contribution is 2.38. The smallest absolute Gasteiger partial charge is 0.168 e. The van der Waals surface area contributed by atoms with Crippen molar-refractivity contribution in [2.45, 2.75) is 66.7 Å². The van der Waals surface area contributed by atoms with Gasteiger partial charge in [-0.3, -0.25) is 4.79 Å². The number of carbonyl (C=O) groups excluding carboxylic acids is 1. The van der Waals surface area contributed by atoms with Crippen LogP contribution in [0, 0.1) is 27.7 Å². The van der Waals surface area contributed by atoms with Gasteiger partial charge in [-0.15, -0.1) is 0 Å². The van der Waals surface area contributed by atoms with Gasteiger partial charge in [0.05, 0.1) is 11.3 Å². The Labute approximate surface area is 150 Å².